The third-order valence-corrected chi connectivity index (χ3v) is 2.35. The average Bonchev–Trinajstić information content (AvgIpc) is 2.43. The van der Waals surface area contributed by atoms with E-state index in [9.17, 15) is 9.59 Å². The quantitative estimate of drug-likeness (QED) is 0.750. The molecule has 0 spiro atoms. The first-order valence-corrected chi connectivity index (χ1v) is 6.03. The zero-order valence-corrected chi connectivity index (χ0v) is 11.1. The number of benzene rings is 1. The summed E-state index contributed by atoms with van der Waals surface area (Å²) in [6.07, 6.45) is 3.02. The molecule has 0 aliphatic rings. The van der Waals surface area contributed by atoms with Gasteiger partial charge in [-0.1, -0.05) is 18.2 Å². The predicted molar refractivity (Wildman–Crippen MR) is 73.7 cm³/mol. The molecule has 0 saturated heterocycles. The second kappa shape index (κ2) is 7.92. The van der Waals surface area contributed by atoms with Crippen LogP contribution in [0.4, 0.5) is 0 Å². The van der Waals surface area contributed by atoms with Gasteiger partial charge in [-0.15, -0.1) is 0 Å². The number of para-hydroxylation sites is 1. The summed E-state index contributed by atoms with van der Waals surface area (Å²) < 4.78 is 5.16. The fraction of sp³-hybridized carbons (Fsp3) is 0.286. The standard InChI is InChI=1S/C14H18N2O3/c1-3-15-14(18)10-16-13(17)9-8-11-6-4-5-7-12(11)19-2/h4-9H,3,10H2,1-2H3,(H,15,18)(H,16,17)/b9-8-. The van der Waals surface area contributed by atoms with Crippen LogP contribution in [-0.4, -0.2) is 32.0 Å². The Balaban J connectivity index is 2.52. The Hall–Kier alpha value is -2.30. The largest absolute Gasteiger partial charge is 0.496 e. The zero-order chi connectivity index (χ0) is 14.1. The van der Waals surface area contributed by atoms with Gasteiger partial charge in [-0.2, -0.15) is 0 Å². The third-order valence-electron chi connectivity index (χ3n) is 2.35. The highest BCUT2D eigenvalue weighted by Gasteiger charge is 2.02. The van der Waals surface area contributed by atoms with E-state index in [1.165, 1.54) is 6.08 Å². The summed E-state index contributed by atoms with van der Waals surface area (Å²) >= 11 is 0. The van der Waals surface area contributed by atoms with Crippen molar-refractivity contribution >= 4 is 17.9 Å². The number of carbonyl (C=O) groups is 2. The van der Waals surface area contributed by atoms with Crippen LogP contribution >= 0.6 is 0 Å². The van der Waals surface area contributed by atoms with Crippen molar-refractivity contribution in [3.63, 3.8) is 0 Å². The van der Waals surface area contributed by atoms with Crippen LogP contribution in [0, 0.1) is 0 Å². The Morgan fingerprint density at radius 3 is 2.68 bits per heavy atom. The molecule has 0 aliphatic heterocycles. The number of rotatable bonds is 6. The van der Waals surface area contributed by atoms with Crippen LogP contribution < -0.4 is 15.4 Å². The lowest BCUT2D eigenvalue weighted by atomic mass is 10.2. The fourth-order valence-electron chi connectivity index (χ4n) is 1.46. The van der Waals surface area contributed by atoms with E-state index in [4.69, 9.17) is 4.74 Å². The molecule has 0 radical (unpaired) electrons. The van der Waals surface area contributed by atoms with E-state index in [1.807, 2.05) is 31.2 Å². The molecule has 2 N–H and O–H groups in total. The highest BCUT2D eigenvalue weighted by molar-refractivity contribution is 5.94. The van der Waals surface area contributed by atoms with Crippen molar-refractivity contribution in [2.45, 2.75) is 6.92 Å². The minimum Gasteiger partial charge on any atom is -0.496 e. The highest BCUT2D eigenvalue weighted by atomic mass is 16.5. The maximum atomic E-state index is 11.5. The smallest absolute Gasteiger partial charge is 0.244 e. The second-order valence-electron chi connectivity index (χ2n) is 3.75. The Kier molecular flexibility index (Phi) is 6.15. The molecular formula is C14H18N2O3. The Bertz CT molecular complexity index is 470. The van der Waals surface area contributed by atoms with Gasteiger partial charge in [-0.05, 0) is 19.1 Å². The van der Waals surface area contributed by atoms with E-state index >= 15 is 0 Å². The number of hydrogen-bond acceptors (Lipinski definition) is 3. The van der Waals surface area contributed by atoms with Crippen LogP contribution in [0.2, 0.25) is 0 Å². The van der Waals surface area contributed by atoms with Gasteiger partial charge < -0.3 is 15.4 Å². The molecule has 0 unspecified atom stereocenters. The van der Waals surface area contributed by atoms with Gasteiger partial charge in [-0.25, -0.2) is 0 Å². The molecule has 1 aromatic carbocycles. The molecule has 0 aromatic heterocycles. The zero-order valence-electron chi connectivity index (χ0n) is 11.1. The maximum Gasteiger partial charge on any atom is 0.244 e. The highest BCUT2D eigenvalue weighted by Crippen LogP contribution is 2.18. The first-order chi connectivity index (χ1) is 9.17. The van der Waals surface area contributed by atoms with Crippen molar-refractivity contribution < 1.29 is 14.3 Å². The van der Waals surface area contributed by atoms with Gasteiger partial charge >= 0.3 is 0 Å². The van der Waals surface area contributed by atoms with Gasteiger partial charge in [0.05, 0.1) is 13.7 Å². The van der Waals surface area contributed by atoms with Crippen LogP contribution in [0.15, 0.2) is 30.3 Å². The van der Waals surface area contributed by atoms with E-state index in [0.717, 1.165) is 5.56 Å². The molecule has 0 aliphatic carbocycles. The number of carbonyl (C=O) groups excluding carboxylic acids is 2. The lowest BCUT2D eigenvalue weighted by Gasteiger charge is -2.04. The van der Waals surface area contributed by atoms with E-state index < -0.39 is 0 Å². The number of ether oxygens (including phenoxy) is 1. The summed E-state index contributed by atoms with van der Waals surface area (Å²) in [6, 6.07) is 7.36. The van der Waals surface area contributed by atoms with Gasteiger partial charge in [0, 0.05) is 18.2 Å². The molecule has 1 aromatic rings. The maximum absolute atomic E-state index is 11.5. The summed E-state index contributed by atoms with van der Waals surface area (Å²) in [6.45, 7) is 2.34. The minimum atomic E-state index is -0.322. The van der Waals surface area contributed by atoms with Crippen molar-refractivity contribution in [3.8, 4) is 5.75 Å². The van der Waals surface area contributed by atoms with E-state index in [-0.39, 0.29) is 18.4 Å². The second-order valence-corrected chi connectivity index (χ2v) is 3.75. The normalized spacial score (nSPS) is 10.2. The van der Waals surface area contributed by atoms with E-state index in [2.05, 4.69) is 10.6 Å². The molecule has 2 amide bonds. The SMILES string of the molecule is CCNC(=O)CNC(=O)/C=C\c1ccccc1OC. The monoisotopic (exact) mass is 262 g/mol. The van der Waals surface area contributed by atoms with Crippen molar-refractivity contribution in [2.75, 3.05) is 20.2 Å². The summed E-state index contributed by atoms with van der Waals surface area (Å²) in [7, 11) is 1.57. The molecule has 1 rings (SSSR count). The number of amides is 2. The molecule has 102 valence electrons. The number of methoxy groups -OCH3 is 1. The average molecular weight is 262 g/mol. The lowest BCUT2D eigenvalue weighted by molar-refractivity contribution is -0.123. The van der Waals surface area contributed by atoms with Crippen LogP contribution in [0.3, 0.4) is 0 Å². The van der Waals surface area contributed by atoms with Crippen LogP contribution in [-0.2, 0) is 9.59 Å². The molecule has 0 atom stereocenters. The van der Waals surface area contributed by atoms with Crippen LogP contribution in [0.25, 0.3) is 6.08 Å². The Morgan fingerprint density at radius 2 is 2.00 bits per heavy atom. The van der Waals surface area contributed by atoms with Crippen molar-refractivity contribution in [1.29, 1.82) is 0 Å². The molecular weight excluding hydrogens is 244 g/mol. The molecule has 0 heterocycles. The van der Waals surface area contributed by atoms with E-state index in [0.29, 0.717) is 12.3 Å². The lowest BCUT2D eigenvalue weighted by Crippen LogP contribution is -2.35. The van der Waals surface area contributed by atoms with Crippen LogP contribution in [0.5, 0.6) is 5.75 Å². The fourth-order valence-corrected chi connectivity index (χ4v) is 1.46. The van der Waals surface area contributed by atoms with Crippen molar-refractivity contribution in [1.82, 2.24) is 10.6 Å². The van der Waals surface area contributed by atoms with Gasteiger partial charge in [0.15, 0.2) is 0 Å². The Morgan fingerprint density at radius 1 is 1.26 bits per heavy atom. The molecule has 5 heteroatoms. The first kappa shape index (κ1) is 14.8. The predicted octanol–water partition coefficient (Wildman–Crippen LogP) is 0.961. The third kappa shape index (κ3) is 5.25. The summed E-state index contributed by atoms with van der Waals surface area (Å²) in [4.78, 5) is 22.7. The van der Waals surface area contributed by atoms with Gasteiger partial charge in [0.1, 0.15) is 5.75 Å². The molecule has 0 fully saturated rings. The molecule has 19 heavy (non-hydrogen) atoms. The first-order valence-electron chi connectivity index (χ1n) is 6.03. The molecule has 0 bridgehead atoms. The molecule has 5 nitrogen and oxygen atoms in total. The topological polar surface area (TPSA) is 67.4 Å². The van der Waals surface area contributed by atoms with E-state index in [1.54, 1.807) is 13.2 Å². The summed E-state index contributed by atoms with van der Waals surface area (Å²) in [5.74, 6) is 0.161. The molecule has 0 saturated carbocycles. The van der Waals surface area contributed by atoms with Gasteiger partial charge in [-0.3, -0.25) is 9.59 Å². The summed E-state index contributed by atoms with van der Waals surface area (Å²) in [5, 5.41) is 5.09. The number of likely N-dealkylation sites (N-methyl/N-ethyl adjacent to an activating group) is 1. The Labute approximate surface area is 112 Å². The van der Waals surface area contributed by atoms with Crippen LogP contribution in [0.1, 0.15) is 12.5 Å². The van der Waals surface area contributed by atoms with Gasteiger partial charge in [0.25, 0.3) is 0 Å². The van der Waals surface area contributed by atoms with Gasteiger partial charge in [0.2, 0.25) is 11.8 Å². The van der Waals surface area contributed by atoms with Crippen molar-refractivity contribution in [2.24, 2.45) is 0 Å². The number of nitrogens with one attached hydrogen (secondary N) is 2. The summed E-state index contributed by atoms with van der Waals surface area (Å²) in [5.41, 5.74) is 0.804. The number of hydrogen-bond donors (Lipinski definition) is 2. The minimum absolute atomic E-state index is 0.0249. The van der Waals surface area contributed by atoms with Crippen molar-refractivity contribution in [3.05, 3.63) is 35.9 Å².